The lowest BCUT2D eigenvalue weighted by Gasteiger charge is -2.15. The van der Waals surface area contributed by atoms with E-state index in [4.69, 9.17) is 25.4 Å². The number of hydrogen-bond acceptors (Lipinski definition) is 9. The molecule has 0 radical (unpaired) electrons. The lowest BCUT2D eigenvalue weighted by molar-refractivity contribution is -0.123. The molecule has 0 unspecified atom stereocenters. The van der Waals surface area contributed by atoms with Crippen LogP contribution in [0.5, 0.6) is 23.0 Å². The maximum atomic E-state index is 12.8. The largest absolute Gasteiger partial charge is 0.507 e. The number of carbonyl (C=O) groups is 1. The first-order valence-corrected chi connectivity index (χ1v) is 12.1. The van der Waals surface area contributed by atoms with Crippen molar-refractivity contribution in [1.82, 2.24) is 20.1 Å². The van der Waals surface area contributed by atoms with Gasteiger partial charge in [0.25, 0.3) is 5.91 Å². The van der Waals surface area contributed by atoms with E-state index < -0.39 is 24.5 Å². The molecular formula is C27H23F3N6O5. The molecule has 41 heavy (non-hydrogen) atoms. The highest BCUT2D eigenvalue weighted by Crippen LogP contribution is 2.36. The predicted molar refractivity (Wildman–Crippen MR) is 141 cm³/mol. The second kappa shape index (κ2) is 10.7. The molecule has 14 heteroatoms. The van der Waals surface area contributed by atoms with Crippen LogP contribution in [0.4, 0.5) is 18.9 Å². The number of amides is 1. The smallest absolute Gasteiger partial charge is 0.405 e. The van der Waals surface area contributed by atoms with Gasteiger partial charge in [0.1, 0.15) is 18.0 Å². The lowest BCUT2D eigenvalue weighted by atomic mass is 9.97. The van der Waals surface area contributed by atoms with Crippen molar-refractivity contribution < 1.29 is 37.3 Å². The summed E-state index contributed by atoms with van der Waals surface area (Å²) in [7, 11) is 1.52. The van der Waals surface area contributed by atoms with Crippen LogP contribution in [0.15, 0.2) is 54.6 Å². The zero-order chi connectivity index (χ0) is 29.3. The Kier molecular flexibility index (Phi) is 7.13. The zero-order valence-corrected chi connectivity index (χ0v) is 21.5. The Morgan fingerprint density at radius 2 is 1.85 bits per heavy atom. The molecule has 2 heterocycles. The zero-order valence-electron chi connectivity index (χ0n) is 21.5. The van der Waals surface area contributed by atoms with E-state index in [0.717, 1.165) is 0 Å². The molecule has 1 aliphatic heterocycles. The third-order valence-corrected chi connectivity index (χ3v) is 6.24. The molecule has 4 aromatic rings. The quantitative estimate of drug-likeness (QED) is 0.185. The van der Waals surface area contributed by atoms with Crippen LogP contribution < -0.4 is 25.3 Å². The van der Waals surface area contributed by atoms with Crippen LogP contribution >= 0.6 is 0 Å². The molecule has 0 spiro atoms. The Morgan fingerprint density at radius 3 is 2.56 bits per heavy atom. The van der Waals surface area contributed by atoms with Crippen molar-refractivity contribution in [1.29, 1.82) is 5.41 Å². The fourth-order valence-electron chi connectivity index (χ4n) is 4.21. The Hall–Kier alpha value is -5.27. The highest BCUT2D eigenvalue weighted by Gasteiger charge is 2.30. The molecule has 0 atom stereocenters. The van der Waals surface area contributed by atoms with E-state index >= 15 is 0 Å². The van der Waals surface area contributed by atoms with Crippen LogP contribution in [0.3, 0.4) is 0 Å². The fraction of sp³-hybridized carbons (Fsp3) is 0.185. The number of carbonyl (C=O) groups excluding carboxylic acids is 1. The number of nitrogen functional groups attached to an aromatic ring is 1. The highest BCUT2D eigenvalue weighted by atomic mass is 19.4. The van der Waals surface area contributed by atoms with Crippen LogP contribution in [-0.4, -0.2) is 58.1 Å². The van der Waals surface area contributed by atoms with Crippen molar-refractivity contribution in [3.05, 3.63) is 77.1 Å². The molecule has 0 fully saturated rings. The summed E-state index contributed by atoms with van der Waals surface area (Å²) in [5, 5.41) is 29.2. The fourth-order valence-corrected chi connectivity index (χ4v) is 4.21. The molecule has 1 amide bonds. The summed E-state index contributed by atoms with van der Waals surface area (Å²) in [5.74, 6) is -0.372. The minimum absolute atomic E-state index is 0.0244. The van der Waals surface area contributed by atoms with Gasteiger partial charge in [-0.3, -0.25) is 14.8 Å². The number of benzene rings is 3. The van der Waals surface area contributed by atoms with Gasteiger partial charge in [0.15, 0.2) is 17.3 Å². The van der Waals surface area contributed by atoms with E-state index in [1.165, 1.54) is 23.8 Å². The predicted octanol–water partition coefficient (Wildman–Crippen LogP) is 3.73. The molecule has 0 saturated heterocycles. The average Bonchev–Trinajstić information content (AvgIpc) is 3.58. The van der Waals surface area contributed by atoms with Gasteiger partial charge in [-0.2, -0.15) is 13.2 Å². The van der Waals surface area contributed by atoms with Crippen molar-refractivity contribution in [3.63, 3.8) is 0 Å². The number of methoxy groups -OCH3 is 1. The monoisotopic (exact) mass is 568 g/mol. The van der Waals surface area contributed by atoms with Gasteiger partial charge in [0.05, 0.1) is 24.9 Å². The number of alkyl halides is 3. The Bertz CT molecular complexity index is 1640. The molecule has 5 N–H and O–H groups in total. The molecule has 1 aromatic heterocycles. The normalized spacial score (nSPS) is 12.3. The summed E-state index contributed by atoms with van der Waals surface area (Å²) in [6.45, 7) is -1.62. The molecule has 0 bridgehead atoms. The first-order valence-electron chi connectivity index (χ1n) is 12.1. The number of nitrogens with two attached hydrogens (primary N) is 1. The minimum Gasteiger partial charge on any atom is -0.507 e. The maximum Gasteiger partial charge on any atom is 0.405 e. The van der Waals surface area contributed by atoms with Gasteiger partial charge in [-0.15, -0.1) is 10.2 Å². The van der Waals surface area contributed by atoms with E-state index in [1.807, 2.05) is 0 Å². The number of anilines is 1. The summed E-state index contributed by atoms with van der Waals surface area (Å²) < 4.78 is 55.6. The van der Waals surface area contributed by atoms with Crippen molar-refractivity contribution in [2.75, 3.05) is 26.2 Å². The van der Waals surface area contributed by atoms with Gasteiger partial charge >= 0.3 is 6.18 Å². The van der Waals surface area contributed by atoms with Crippen molar-refractivity contribution in [3.8, 4) is 34.4 Å². The van der Waals surface area contributed by atoms with E-state index in [-0.39, 0.29) is 47.4 Å². The number of phenols is 1. The van der Waals surface area contributed by atoms with Crippen LogP contribution in [0, 0.1) is 5.41 Å². The highest BCUT2D eigenvalue weighted by molar-refractivity contribution is 6.14. The molecular weight excluding hydrogens is 545 g/mol. The standard InChI is InChI=1S/C27H23F3N6O5/c1-39-16-5-3-15(4-6-16)23(32)17-9-18(20(37)10-19(17)31)24-34-35-25(26(38)33-12-27(28,29)30)36(24)11-14-2-7-21-22(8-14)41-13-40-21/h2-10,32,37H,11-13,31H2,1H3,(H,33,38). The third kappa shape index (κ3) is 5.71. The third-order valence-electron chi connectivity index (χ3n) is 6.24. The number of fused-ring (bicyclic) bond motifs is 1. The van der Waals surface area contributed by atoms with E-state index in [2.05, 4.69) is 10.2 Å². The SMILES string of the molecule is COc1ccc(C(=N)c2cc(-c3nnc(C(=O)NCC(F)(F)F)n3Cc3ccc4c(c3)OCO4)c(O)cc2N)cc1. The van der Waals surface area contributed by atoms with E-state index in [9.17, 15) is 23.1 Å². The van der Waals surface area contributed by atoms with Gasteiger partial charge in [0, 0.05) is 22.9 Å². The number of hydrogen-bond donors (Lipinski definition) is 4. The first kappa shape index (κ1) is 27.3. The minimum atomic E-state index is -4.65. The Morgan fingerprint density at radius 1 is 1.12 bits per heavy atom. The van der Waals surface area contributed by atoms with Crippen LogP contribution in [0.1, 0.15) is 27.3 Å². The van der Waals surface area contributed by atoms with Crippen LogP contribution in [0.25, 0.3) is 11.4 Å². The number of aromatic nitrogens is 3. The summed E-state index contributed by atoms with van der Waals surface area (Å²) in [4.78, 5) is 12.8. The Labute approximate surface area is 230 Å². The van der Waals surface area contributed by atoms with Gasteiger partial charge in [0.2, 0.25) is 12.6 Å². The van der Waals surface area contributed by atoms with Gasteiger partial charge in [-0.25, -0.2) is 0 Å². The molecule has 5 rings (SSSR count). The number of nitrogens with zero attached hydrogens (tertiary/aromatic N) is 3. The molecule has 11 nitrogen and oxygen atoms in total. The number of halogens is 3. The summed E-state index contributed by atoms with van der Waals surface area (Å²) in [6.07, 6.45) is -4.65. The van der Waals surface area contributed by atoms with Crippen molar-refractivity contribution in [2.24, 2.45) is 0 Å². The summed E-state index contributed by atoms with van der Waals surface area (Å²) in [6, 6.07) is 14.3. The van der Waals surface area contributed by atoms with Gasteiger partial charge in [-0.05, 0) is 48.0 Å². The number of nitrogens with one attached hydrogen (secondary N) is 2. The van der Waals surface area contributed by atoms with Gasteiger partial charge < -0.3 is 30.4 Å². The molecule has 1 aliphatic rings. The molecule has 212 valence electrons. The Balaban J connectivity index is 1.57. The first-order chi connectivity index (χ1) is 19.5. The van der Waals surface area contributed by atoms with Crippen LogP contribution in [0.2, 0.25) is 0 Å². The molecule has 0 aliphatic carbocycles. The van der Waals surface area contributed by atoms with Gasteiger partial charge in [-0.1, -0.05) is 6.07 Å². The second-order valence-electron chi connectivity index (χ2n) is 8.98. The molecule has 3 aromatic carbocycles. The van der Waals surface area contributed by atoms with Crippen molar-refractivity contribution in [2.45, 2.75) is 12.7 Å². The summed E-state index contributed by atoms with van der Waals surface area (Å²) >= 11 is 0. The number of aromatic hydroxyl groups is 1. The maximum absolute atomic E-state index is 12.8. The van der Waals surface area contributed by atoms with Crippen molar-refractivity contribution >= 4 is 17.3 Å². The van der Waals surface area contributed by atoms with E-state index in [0.29, 0.717) is 28.4 Å². The average molecular weight is 569 g/mol. The lowest BCUT2D eigenvalue weighted by Crippen LogP contribution is -2.35. The second-order valence-corrected chi connectivity index (χ2v) is 8.98. The van der Waals surface area contributed by atoms with Crippen LogP contribution in [-0.2, 0) is 6.54 Å². The topological polar surface area (TPSA) is 158 Å². The van der Waals surface area contributed by atoms with E-state index in [1.54, 1.807) is 47.8 Å². The summed E-state index contributed by atoms with van der Waals surface area (Å²) in [5.41, 5.74) is 7.64. The number of rotatable bonds is 8. The number of ether oxygens (including phenoxy) is 3. The number of phenolic OH excluding ortho intramolecular Hbond substituents is 1. The molecule has 0 saturated carbocycles.